The molecule has 2 aromatic rings. The van der Waals surface area contributed by atoms with Crippen LogP contribution in [0.3, 0.4) is 0 Å². The lowest BCUT2D eigenvalue weighted by Gasteiger charge is -2.37. The second-order valence-corrected chi connectivity index (χ2v) is 14.2. The lowest BCUT2D eigenvalue weighted by Crippen LogP contribution is -2.46. The van der Waals surface area contributed by atoms with Gasteiger partial charge in [0.25, 0.3) is 5.56 Å². The minimum absolute atomic E-state index is 0.0317. The highest BCUT2D eigenvalue weighted by molar-refractivity contribution is 6.74. The normalized spacial score (nSPS) is 24.9. The first kappa shape index (κ1) is 21.7. The summed E-state index contributed by atoms with van der Waals surface area (Å²) in [5, 5.41) is 0.0317. The number of carbonyl (C=O) groups is 1. The topological polar surface area (TPSA) is 88.9 Å². The van der Waals surface area contributed by atoms with Crippen molar-refractivity contribution in [3.05, 3.63) is 58.5 Å². The van der Waals surface area contributed by atoms with Gasteiger partial charge in [-0.2, -0.15) is 4.98 Å². The number of ether oxygens (including phenoxy) is 3. The molecule has 4 atom stereocenters. The molecule has 0 saturated carbocycles. The van der Waals surface area contributed by atoms with Gasteiger partial charge >= 0.3 is 12.0 Å². The summed E-state index contributed by atoms with van der Waals surface area (Å²) in [6, 6.07) is 10.3. The molecule has 4 rings (SSSR count). The molecule has 1 aromatic heterocycles. The van der Waals surface area contributed by atoms with Crippen molar-refractivity contribution < 1.29 is 23.4 Å². The minimum atomic E-state index is -2.04. The van der Waals surface area contributed by atoms with Crippen molar-refractivity contribution in [3.63, 3.8) is 0 Å². The van der Waals surface area contributed by atoms with Crippen LogP contribution in [0.1, 0.15) is 37.4 Å². The Morgan fingerprint density at radius 2 is 1.94 bits per heavy atom. The van der Waals surface area contributed by atoms with E-state index in [1.54, 1.807) is 35.0 Å². The standard InChI is InChI=1S/C22H28N2O6Si/c1-22(2,3)31(4,5)27-13-15-17(29-20(26)14-9-7-6-8-10-14)18-19(28-15)24-12-11-16(25)23-21(24)30-18/h6-12,15,17-19H,13H2,1-5H3/t15-,17-,18+,19-/m1/s1/i29+1. The zero-order valence-corrected chi connectivity index (χ0v) is 19.4. The van der Waals surface area contributed by atoms with E-state index in [9.17, 15) is 9.59 Å². The van der Waals surface area contributed by atoms with Crippen molar-refractivity contribution in [2.45, 2.75) is 63.4 Å². The van der Waals surface area contributed by atoms with Crippen molar-refractivity contribution in [1.82, 2.24) is 9.55 Å². The second-order valence-electron chi connectivity index (χ2n) is 9.41. The molecule has 0 N–H and O–H groups in total. The highest BCUT2D eigenvalue weighted by Gasteiger charge is 2.54. The van der Waals surface area contributed by atoms with E-state index in [1.807, 2.05) is 6.07 Å². The summed E-state index contributed by atoms with van der Waals surface area (Å²) in [6.07, 6.45) is -0.800. The van der Waals surface area contributed by atoms with Gasteiger partial charge in [-0.3, -0.25) is 9.36 Å². The summed E-state index contributed by atoms with van der Waals surface area (Å²) in [6.45, 7) is 11.1. The van der Waals surface area contributed by atoms with E-state index in [0.717, 1.165) is 0 Å². The van der Waals surface area contributed by atoms with Crippen molar-refractivity contribution in [3.8, 4) is 6.01 Å². The highest BCUT2D eigenvalue weighted by atomic mass is 28.4. The van der Waals surface area contributed by atoms with Gasteiger partial charge in [0.1, 0.15) is 6.10 Å². The quantitative estimate of drug-likeness (QED) is 0.516. The van der Waals surface area contributed by atoms with Crippen molar-refractivity contribution in [1.29, 1.82) is 0 Å². The first-order chi connectivity index (χ1) is 14.6. The Bertz CT molecular complexity index is 1020. The molecule has 0 spiro atoms. The number of rotatable bonds is 5. The van der Waals surface area contributed by atoms with Crippen LogP contribution in [-0.2, 0) is 13.9 Å². The molecule has 2 aliphatic rings. The van der Waals surface area contributed by atoms with Crippen LogP contribution in [0.15, 0.2) is 47.4 Å². The maximum absolute atomic E-state index is 12.8. The third kappa shape index (κ3) is 4.17. The molecule has 9 heteroatoms. The van der Waals surface area contributed by atoms with Crippen molar-refractivity contribution in [2.75, 3.05) is 6.61 Å². The maximum Gasteiger partial charge on any atom is 0.338 e. The van der Waals surface area contributed by atoms with E-state index < -0.39 is 44.4 Å². The molecule has 0 radical (unpaired) electrons. The van der Waals surface area contributed by atoms with Gasteiger partial charge in [0.2, 0.25) is 0 Å². The summed E-state index contributed by atoms with van der Waals surface area (Å²) in [4.78, 5) is 28.3. The molecule has 0 unspecified atom stereocenters. The molecule has 0 aliphatic carbocycles. The number of benzene rings is 1. The van der Waals surface area contributed by atoms with Crippen LogP contribution >= 0.6 is 0 Å². The summed E-state index contributed by atoms with van der Waals surface area (Å²) in [7, 11) is -2.04. The number of aromatic nitrogens is 2. The van der Waals surface area contributed by atoms with E-state index in [4.69, 9.17) is 18.6 Å². The fraction of sp³-hybridized carbons (Fsp3) is 0.500. The maximum atomic E-state index is 12.8. The molecule has 31 heavy (non-hydrogen) atoms. The lowest BCUT2D eigenvalue weighted by molar-refractivity contribution is -0.0489. The van der Waals surface area contributed by atoms with Crippen LogP contribution in [0.2, 0.25) is 18.1 Å². The SMILES string of the molecule is CC(C)(C)[Si](C)(C)OC[C@H]1O[C@@H]2[C@@H](Oc3nc(=O)ccn32)[C@@H]1[17O]C(=O)c1ccccc1. The van der Waals surface area contributed by atoms with E-state index >= 15 is 0 Å². The van der Waals surface area contributed by atoms with Gasteiger partial charge in [0.05, 0.1) is 12.2 Å². The van der Waals surface area contributed by atoms with Gasteiger partial charge < -0.3 is 18.6 Å². The summed E-state index contributed by atoms with van der Waals surface area (Å²) in [5.74, 6) is -0.464. The average Bonchev–Trinajstić information content (AvgIpc) is 3.22. The predicted molar refractivity (Wildman–Crippen MR) is 116 cm³/mol. The summed E-state index contributed by atoms with van der Waals surface area (Å²) >= 11 is 0. The Hall–Kier alpha value is -2.49. The van der Waals surface area contributed by atoms with Crippen LogP contribution in [0.4, 0.5) is 0 Å². The summed E-state index contributed by atoms with van der Waals surface area (Å²) < 4.78 is 26.0. The van der Waals surface area contributed by atoms with Gasteiger partial charge in [-0.25, -0.2) is 4.79 Å². The fourth-order valence-corrected chi connectivity index (χ4v) is 4.42. The first-order valence-electron chi connectivity index (χ1n) is 10.4. The Labute approximate surface area is 182 Å². The molecule has 8 nitrogen and oxygen atoms in total. The number of carbonyl (C=O) groups excluding carboxylic acids is 1. The summed E-state index contributed by atoms with van der Waals surface area (Å²) in [5.41, 5.74) is 0.0417. The molecular formula is C22H28N2O6Si. The second kappa shape index (κ2) is 7.89. The number of hydrogen-bond acceptors (Lipinski definition) is 7. The van der Waals surface area contributed by atoms with Gasteiger partial charge in [-0.1, -0.05) is 39.0 Å². The third-order valence-electron chi connectivity index (χ3n) is 6.27. The Morgan fingerprint density at radius 3 is 2.61 bits per heavy atom. The van der Waals surface area contributed by atoms with E-state index in [1.165, 1.54) is 6.07 Å². The van der Waals surface area contributed by atoms with Gasteiger partial charge in [0, 0.05) is 12.3 Å². The molecule has 166 valence electrons. The van der Waals surface area contributed by atoms with Crippen LogP contribution in [0, 0.1) is 0 Å². The van der Waals surface area contributed by atoms with Crippen molar-refractivity contribution >= 4 is 14.3 Å². The van der Waals surface area contributed by atoms with Gasteiger partial charge in [-0.05, 0) is 30.3 Å². The highest BCUT2D eigenvalue weighted by Crippen LogP contribution is 2.42. The lowest BCUT2D eigenvalue weighted by atomic mass is 10.1. The molecule has 3 heterocycles. The average molecular weight is 446 g/mol. The molecule has 1 aromatic carbocycles. The largest absolute Gasteiger partial charge is 0.452 e. The van der Waals surface area contributed by atoms with Crippen LogP contribution in [0.25, 0.3) is 0 Å². The smallest absolute Gasteiger partial charge is 0.338 e. The molecule has 0 amide bonds. The molecule has 1 saturated heterocycles. The molecule has 0 bridgehead atoms. The Morgan fingerprint density at radius 1 is 1.23 bits per heavy atom. The molecule has 2 aliphatic heterocycles. The molecular weight excluding hydrogens is 417 g/mol. The van der Waals surface area contributed by atoms with E-state index in [2.05, 4.69) is 38.8 Å². The van der Waals surface area contributed by atoms with E-state index in [0.29, 0.717) is 5.56 Å². The van der Waals surface area contributed by atoms with Crippen molar-refractivity contribution in [2.24, 2.45) is 0 Å². The first-order valence-corrected chi connectivity index (χ1v) is 13.3. The zero-order chi connectivity index (χ0) is 22.4. The Balaban J connectivity index is 1.58. The number of nitrogens with zero attached hydrogens (tertiary/aromatic N) is 2. The number of hydrogen-bond donors (Lipinski definition) is 0. The number of fused-ring (bicyclic) bond motifs is 3. The third-order valence-corrected chi connectivity index (χ3v) is 10.8. The monoisotopic (exact) mass is 445 g/mol. The Kier molecular flexibility index (Phi) is 5.53. The minimum Gasteiger partial charge on any atom is -0.452 e. The van der Waals surface area contributed by atoms with Crippen LogP contribution in [0.5, 0.6) is 6.01 Å². The zero-order valence-electron chi connectivity index (χ0n) is 18.4. The predicted octanol–water partition coefficient (Wildman–Crippen LogP) is 3.15. The van der Waals surface area contributed by atoms with E-state index in [-0.39, 0.29) is 17.7 Å². The van der Waals surface area contributed by atoms with Crippen LogP contribution in [-0.4, -0.2) is 48.8 Å². The van der Waals surface area contributed by atoms with Crippen LogP contribution < -0.4 is 10.3 Å². The molecule has 1 fully saturated rings. The van der Waals surface area contributed by atoms with Gasteiger partial charge in [0.15, 0.2) is 26.8 Å². The number of esters is 1. The van der Waals surface area contributed by atoms with Gasteiger partial charge in [-0.15, -0.1) is 0 Å². The fourth-order valence-electron chi connectivity index (χ4n) is 3.41.